The number of hydrogen-bond donors (Lipinski definition) is 0. The number of hydrogen-bond acceptors (Lipinski definition) is 2. The fourth-order valence-corrected chi connectivity index (χ4v) is 4.27. The number of rotatable bonds is 4. The van der Waals surface area contributed by atoms with Gasteiger partial charge in [-0.3, -0.25) is 4.79 Å². The third-order valence-corrected chi connectivity index (χ3v) is 5.53. The molecule has 19 heavy (non-hydrogen) atoms. The normalized spacial score (nSPS) is 19.4. The van der Waals surface area contributed by atoms with Crippen molar-refractivity contribution < 1.29 is 4.79 Å². The Labute approximate surface area is 120 Å². The van der Waals surface area contributed by atoms with Crippen LogP contribution in [0.25, 0.3) is 0 Å². The maximum Gasteiger partial charge on any atom is 0.146 e. The van der Waals surface area contributed by atoms with Crippen LogP contribution in [0.15, 0.2) is 23.1 Å². The molecule has 1 fully saturated rings. The Morgan fingerprint density at radius 1 is 1.05 bits per heavy atom. The Bertz CT molecular complexity index is 460. The van der Waals surface area contributed by atoms with E-state index in [-0.39, 0.29) is 0 Å². The maximum absolute atomic E-state index is 12.2. The highest BCUT2D eigenvalue weighted by atomic mass is 32.2. The van der Waals surface area contributed by atoms with E-state index in [9.17, 15) is 4.79 Å². The topological polar surface area (TPSA) is 17.1 Å². The zero-order valence-electron chi connectivity index (χ0n) is 11.5. The number of Topliss-reactive ketones (excluding diaryl/α,β-unsaturated/α-hetero) is 1. The van der Waals surface area contributed by atoms with Gasteiger partial charge in [0.15, 0.2) is 0 Å². The Kier molecular flexibility index (Phi) is 4.27. The van der Waals surface area contributed by atoms with E-state index in [1.807, 2.05) is 0 Å². The van der Waals surface area contributed by atoms with Crippen molar-refractivity contribution in [3.8, 4) is 0 Å². The summed E-state index contributed by atoms with van der Waals surface area (Å²) in [6.45, 7) is 0. The van der Waals surface area contributed by atoms with Gasteiger partial charge in [-0.15, -0.1) is 11.8 Å². The van der Waals surface area contributed by atoms with Crippen molar-refractivity contribution in [1.82, 2.24) is 0 Å². The summed E-state index contributed by atoms with van der Waals surface area (Å²) in [6.07, 6.45) is 9.83. The highest BCUT2D eigenvalue weighted by Gasteiger charge is 2.21. The van der Waals surface area contributed by atoms with Gasteiger partial charge in [0.05, 0.1) is 5.75 Å². The Balaban J connectivity index is 1.55. The van der Waals surface area contributed by atoms with Gasteiger partial charge in [-0.1, -0.05) is 25.3 Å². The maximum atomic E-state index is 12.2. The van der Waals surface area contributed by atoms with Crippen LogP contribution in [0.5, 0.6) is 0 Å². The summed E-state index contributed by atoms with van der Waals surface area (Å²) in [5.74, 6) is 1.50. The SMILES string of the molecule is O=C(CSc1ccc2c(c1)CCC2)C1CCCCC1. The Morgan fingerprint density at radius 2 is 1.84 bits per heavy atom. The standard InChI is InChI=1S/C17H22OS/c18-17(14-5-2-1-3-6-14)12-19-16-10-9-13-7-4-8-15(13)11-16/h9-11,14H,1-8,12H2. The first-order valence-corrected chi connectivity index (χ1v) is 8.59. The first kappa shape index (κ1) is 13.2. The van der Waals surface area contributed by atoms with Crippen LogP contribution in [0.3, 0.4) is 0 Å². The summed E-state index contributed by atoms with van der Waals surface area (Å²) in [6, 6.07) is 6.76. The molecule has 0 unspecified atom stereocenters. The fourth-order valence-electron chi connectivity index (χ4n) is 3.33. The summed E-state index contributed by atoms with van der Waals surface area (Å²) < 4.78 is 0. The average molecular weight is 274 g/mol. The molecule has 2 aliphatic carbocycles. The lowest BCUT2D eigenvalue weighted by atomic mass is 9.87. The molecule has 1 aromatic rings. The lowest BCUT2D eigenvalue weighted by Crippen LogP contribution is -2.19. The van der Waals surface area contributed by atoms with E-state index in [1.54, 1.807) is 11.8 Å². The molecule has 0 atom stereocenters. The van der Waals surface area contributed by atoms with Gasteiger partial charge < -0.3 is 0 Å². The van der Waals surface area contributed by atoms with Crippen molar-refractivity contribution in [2.45, 2.75) is 56.3 Å². The van der Waals surface area contributed by atoms with Crippen LogP contribution in [-0.2, 0) is 17.6 Å². The molecule has 0 amide bonds. The first-order valence-electron chi connectivity index (χ1n) is 7.60. The second-order valence-corrected chi connectivity index (χ2v) is 6.92. The van der Waals surface area contributed by atoms with Crippen LogP contribution in [0, 0.1) is 5.92 Å². The molecule has 1 saturated carbocycles. The summed E-state index contributed by atoms with van der Waals surface area (Å²) in [4.78, 5) is 13.5. The largest absolute Gasteiger partial charge is 0.298 e. The number of benzene rings is 1. The zero-order chi connectivity index (χ0) is 13.1. The molecule has 0 aromatic heterocycles. The number of fused-ring (bicyclic) bond motifs is 1. The van der Waals surface area contributed by atoms with E-state index in [0.717, 1.165) is 12.8 Å². The predicted octanol–water partition coefficient (Wildman–Crippen LogP) is 4.42. The van der Waals surface area contributed by atoms with Gasteiger partial charge in [0.25, 0.3) is 0 Å². The Morgan fingerprint density at radius 3 is 2.68 bits per heavy atom. The summed E-state index contributed by atoms with van der Waals surface area (Å²) in [5.41, 5.74) is 3.03. The van der Waals surface area contributed by atoms with Crippen LogP contribution in [0.2, 0.25) is 0 Å². The number of ketones is 1. The fraction of sp³-hybridized carbons (Fsp3) is 0.588. The van der Waals surface area contributed by atoms with Gasteiger partial charge in [0.2, 0.25) is 0 Å². The Hall–Kier alpha value is -0.760. The van der Waals surface area contributed by atoms with Gasteiger partial charge in [0.1, 0.15) is 5.78 Å². The molecule has 0 radical (unpaired) electrons. The van der Waals surface area contributed by atoms with Crippen molar-refractivity contribution >= 4 is 17.5 Å². The molecule has 0 spiro atoms. The predicted molar refractivity (Wildman–Crippen MR) is 80.8 cm³/mol. The molecule has 0 N–H and O–H groups in total. The van der Waals surface area contributed by atoms with E-state index in [4.69, 9.17) is 0 Å². The van der Waals surface area contributed by atoms with Crippen LogP contribution >= 0.6 is 11.8 Å². The third kappa shape index (κ3) is 3.22. The van der Waals surface area contributed by atoms with Crippen molar-refractivity contribution in [1.29, 1.82) is 0 Å². The zero-order valence-corrected chi connectivity index (χ0v) is 12.3. The van der Waals surface area contributed by atoms with Crippen LogP contribution in [-0.4, -0.2) is 11.5 Å². The minimum Gasteiger partial charge on any atom is -0.298 e. The smallest absolute Gasteiger partial charge is 0.146 e. The number of aryl methyl sites for hydroxylation is 2. The lowest BCUT2D eigenvalue weighted by Gasteiger charge is -2.20. The van der Waals surface area contributed by atoms with Gasteiger partial charge >= 0.3 is 0 Å². The molecular formula is C17H22OS. The summed E-state index contributed by atoms with van der Waals surface area (Å²) in [5, 5.41) is 0. The van der Waals surface area contributed by atoms with Crippen molar-refractivity contribution in [3.63, 3.8) is 0 Å². The van der Waals surface area contributed by atoms with E-state index >= 15 is 0 Å². The summed E-state index contributed by atoms with van der Waals surface area (Å²) >= 11 is 1.74. The van der Waals surface area contributed by atoms with Crippen molar-refractivity contribution in [2.75, 3.05) is 5.75 Å². The van der Waals surface area contributed by atoms with E-state index in [0.29, 0.717) is 17.5 Å². The van der Waals surface area contributed by atoms with Crippen LogP contribution in [0.4, 0.5) is 0 Å². The van der Waals surface area contributed by atoms with Crippen LogP contribution < -0.4 is 0 Å². The van der Waals surface area contributed by atoms with Crippen molar-refractivity contribution in [2.24, 2.45) is 5.92 Å². The lowest BCUT2D eigenvalue weighted by molar-refractivity contribution is -0.121. The van der Waals surface area contributed by atoms with E-state index in [2.05, 4.69) is 18.2 Å². The second kappa shape index (κ2) is 6.13. The van der Waals surface area contributed by atoms with Gasteiger partial charge in [-0.2, -0.15) is 0 Å². The molecule has 0 aliphatic heterocycles. The average Bonchev–Trinajstić information content (AvgIpc) is 2.93. The highest BCUT2D eigenvalue weighted by Crippen LogP contribution is 2.30. The number of carbonyl (C=O) groups excluding carboxylic acids is 1. The number of carbonyl (C=O) groups is 1. The minimum atomic E-state index is 0.357. The molecule has 1 nitrogen and oxygen atoms in total. The number of thioether (sulfide) groups is 1. The van der Waals surface area contributed by atoms with E-state index < -0.39 is 0 Å². The van der Waals surface area contributed by atoms with E-state index in [1.165, 1.54) is 54.5 Å². The molecule has 0 saturated heterocycles. The molecule has 0 bridgehead atoms. The van der Waals surface area contributed by atoms with Crippen molar-refractivity contribution in [3.05, 3.63) is 29.3 Å². The quantitative estimate of drug-likeness (QED) is 0.756. The monoisotopic (exact) mass is 274 g/mol. The molecule has 102 valence electrons. The van der Waals surface area contributed by atoms with Gasteiger partial charge in [0, 0.05) is 10.8 Å². The minimum absolute atomic E-state index is 0.357. The molecule has 0 heterocycles. The second-order valence-electron chi connectivity index (χ2n) is 5.87. The molecule has 2 heteroatoms. The molecular weight excluding hydrogens is 252 g/mol. The van der Waals surface area contributed by atoms with Crippen LogP contribution in [0.1, 0.15) is 49.7 Å². The molecule has 3 rings (SSSR count). The third-order valence-electron chi connectivity index (χ3n) is 4.51. The van der Waals surface area contributed by atoms with Gasteiger partial charge in [-0.05, 0) is 55.4 Å². The highest BCUT2D eigenvalue weighted by molar-refractivity contribution is 8.00. The molecule has 1 aromatic carbocycles. The molecule has 2 aliphatic rings. The first-order chi connectivity index (χ1) is 9.33. The summed E-state index contributed by atoms with van der Waals surface area (Å²) in [7, 11) is 0. The van der Waals surface area contributed by atoms with Gasteiger partial charge in [-0.25, -0.2) is 0 Å².